The molecule has 4 heterocycles. The van der Waals surface area contributed by atoms with Crippen LogP contribution in [0.1, 0.15) is 35.6 Å². The smallest absolute Gasteiger partial charge is 0.286 e. The predicted octanol–water partition coefficient (Wildman–Crippen LogP) is 3.84. The van der Waals surface area contributed by atoms with Crippen LogP contribution in [0.25, 0.3) is 11.1 Å². The summed E-state index contributed by atoms with van der Waals surface area (Å²) in [6, 6.07) is 8.00. The number of ether oxygens (including phenoxy) is 1. The second-order valence-corrected chi connectivity index (χ2v) is 8.96. The summed E-state index contributed by atoms with van der Waals surface area (Å²) in [7, 11) is 0. The first kappa shape index (κ1) is 26.4. The second kappa shape index (κ2) is 11.1. The van der Waals surface area contributed by atoms with E-state index in [1.54, 1.807) is 6.20 Å². The molecule has 3 N–H and O–H groups in total. The summed E-state index contributed by atoms with van der Waals surface area (Å²) in [5.74, 6) is -2.56. The van der Waals surface area contributed by atoms with Crippen molar-refractivity contribution in [3.63, 3.8) is 0 Å². The molecule has 37 heavy (non-hydrogen) atoms. The molecule has 1 amide bonds. The molecule has 1 aliphatic rings. The van der Waals surface area contributed by atoms with Crippen LogP contribution in [0.4, 0.5) is 26.1 Å². The van der Waals surface area contributed by atoms with Crippen LogP contribution in [0.5, 0.6) is 0 Å². The molecule has 4 rings (SSSR count). The highest BCUT2D eigenvalue weighted by atomic mass is 19.3. The van der Waals surface area contributed by atoms with Gasteiger partial charge in [-0.2, -0.15) is 8.78 Å². The minimum Gasteiger partial charge on any atom is -0.395 e. The van der Waals surface area contributed by atoms with Gasteiger partial charge in [0.05, 0.1) is 31.5 Å². The topological polar surface area (TPSA) is 112 Å². The first-order valence-electron chi connectivity index (χ1n) is 12.0. The molecular formula is C26H30F2N6O3. The second-order valence-electron chi connectivity index (χ2n) is 8.96. The van der Waals surface area contributed by atoms with Crippen LogP contribution < -0.4 is 15.5 Å². The van der Waals surface area contributed by atoms with Gasteiger partial charge in [-0.25, -0.2) is 9.97 Å². The Bertz CT molecular complexity index is 1270. The van der Waals surface area contributed by atoms with E-state index in [2.05, 4.69) is 25.5 Å². The van der Waals surface area contributed by atoms with Crippen molar-refractivity contribution in [3.05, 3.63) is 59.7 Å². The van der Waals surface area contributed by atoms with Gasteiger partial charge in [-0.15, -0.1) is 0 Å². The summed E-state index contributed by atoms with van der Waals surface area (Å²) >= 11 is 0. The molecule has 0 bridgehead atoms. The standard InChI is InChI=1S/C26H30F2N6O3/c1-16-15-37-11-9-34(16)24-21(33-25(36)19-5-6-29-22(12-19)26(3,27)28)14-20(17(2)32-24)18-4-7-30-23(13-18)31-8-10-35/h4-7,12-14,16,35H,8-11,15H2,1-3H3,(H,30,31)(H,33,36)/t16-/m1/s1. The van der Waals surface area contributed by atoms with E-state index >= 15 is 0 Å². The van der Waals surface area contributed by atoms with Gasteiger partial charge in [0.25, 0.3) is 11.8 Å². The zero-order chi connectivity index (χ0) is 26.6. The van der Waals surface area contributed by atoms with Crippen LogP contribution in [-0.4, -0.2) is 64.9 Å². The Labute approximate surface area is 213 Å². The number of alkyl halides is 2. The number of carbonyl (C=O) groups excluding carboxylic acids is 1. The maximum atomic E-state index is 13.8. The summed E-state index contributed by atoms with van der Waals surface area (Å²) in [5.41, 5.74) is 2.35. The van der Waals surface area contributed by atoms with Crippen molar-refractivity contribution in [1.82, 2.24) is 15.0 Å². The number of hydrogen-bond donors (Lipinski definition) is 3. The number of aromatic nitrogens is 3. The lowest BCUT2D eigenvalue weighted by Crippen LogP contribution is -2.44. The van der Waals surface area contributed by atoms with E-state index in [1.165, 1.54) is 12.3 Å². The van der Waals surface area contributed by atoms with Gasteiger partial charge < -0.3 is 25.4 Å². The third-order valence-electron chi connectivity index (χ3n) is 6.04. The first-order valence-corrected chi connectivity index (χ1v) is 12.0. The highest BCUT2D eigenvalue weighted by Gasteiger charge is 2.28. The van der Waals surface area contributed by atoms with Gasteiger partial charge in [0.2, 0.25) is 0 Å². The zero-order valence-electron chi connectivity index (χ0n) is 21.0. The number of nitrogens with one attached hydrogen (secondary N) is 2. The molecule has 0 saturated carbocycles. The highest BCUT2D eigenvalue weighted by Crippen LogP contribution is 2.34. The molecule has 0 aliphatic carbocycles. The number of rotatable bonds is 8. The van der Waals surface area contributed by atoms with E-state index in [0.29, 0.717) is 43.6 Å². The van der Waals surface area contributed by atoms with Crippen LogP contribution in [-0.2, 0) is 10.7 Å². The molecule has 1 aliphatic heterocycles. The minimum absolute atomic E-state index is 0.0173. The quantitative estimate of drug-likeness (QED) is 0.417. The van der Waals surface area contributed by atoms with E-state index in [0.717, 1.165) is 29.8 Å². The summed E-state index contributed by atoms with van der Waals surface area (Å²) < 4.78 is 33.2. The molecule has 3 aromatic rings. The van der Waals surface area contributed by atoms with Gasteiger partial charge in [-0.3, -0.25) is 9.78 Å². The van der Waals surface area contributed by atoms with Gasteiger partial charge >= 0.3 is 0 Å². The number of pyridine rings is 3. The number of halogens is 2. The number of nitrogens with zero attached hydrogens (tertiary/aromatic N) is 4. The van der Waals surface area contributed by atoms with Gasteiger partial charge in [0, 0.05) is 49.2 Å². The zero-order valence-corrected chi connectivity index (χ0v) is 21.0. The molecule has 1 fully saturated rings. The van der Waals surface area contributed by atoms with Crippen molar-refractivity contribution < 1.29 is 23.4 Å². The summed E-state index contributed by atoms with van der Waals surface area (Å²) in [4.78, 5) is 28.1. The summed E-state index contributed by atoms with van der Waals surface area (Å²) in [6.07, 6.45) is 2.84. The molecule has 0 spiro atoms. The fourth-order valence-electron chi connectivity index (χ4n) is 4.12. The maximum Gasteiger partial charge on any atom is 0.286 e. The van der Waals surface area contributed by atoms with Crippen molar-refractivity contribution in [2.24, 2.45) is 0 Å². The van der Waals surface area contributed by atoms with E-state index in [1.807, 2.05) is 32.0 Å². The van der Waals surface area contributed by atoms with Crippen molar-refractivity contribution in [1.29, 1.82) is 0 Å². The fourth-order valence-corrected chi connectivity index (χ4v) is 4.12. The Kier molecular flexibility index (Phi) is 7.94. The Morgan fingerprint density at radius 1 is 1.24 bits per heavy atom. The number of aliphatic hydroxyl groups is 1. The van der Waals surface area contributed by atoms with Gasteiger partial charge in [-0.05, 0) is 49.7 Å². The first-order chi connectivity index (χ1) is 17.7. The molecule has 9 nitrogen and oxygen atoms in total. The lowest BCUT2D eigenvalue weighted by atomic mass is 10.0. The largest absolute Gasteiger partial charge is 0.395 e. The SMILES string of the molecule is Cc1nc(N2CCOC[C@H]2C)c(NC(=O)c2ccnc(C(C)(F)F)c2)cc1-c1ccnc(NCCO)c1. The summed E-state index contributed by atoms with van der Waals surface area (Å²) in [6.45, 7) is 6.57. The Morgan fingerprint density at radius 3 is 2.76 bits per heavy atom. The lowest BCUT2D eigenvalue weighted by molar-refractivity contribution is 0.0127. The van der Waals surface area contributed by atoms with Crippen LogP contribution >= 0.6 is 0 Å². The molecule has 1 saturated heterocycles. The van der Waals surface area contributed by atoms with E-state index in [4.69, 9.17) is 14.8 Å². The minimum atomic E-state index is -3.17. The molecule has 0 aromatic carbocycles. The lowest BCUT2D eigenvalue weighted by Gasteiger charge is -2.35. The van der Waals surface area contributed by atoms with Gasteiger partial charge in [-0.1, -0.05) is 0 Å². The average Bonchev–Trinajstić information content (AvgIpc) is 2.88. The Balaban J connectivity index is 1.75. The van der Waals surface area contributed by atoms with Gasteiger partial charge in [0.1, 0.15) is 11.5 Å². The van der Waals surface area contributed by atoms with Crippen LogP contribution in [0.3, 0.4) is 0 Å². The molecule has 196 valence electrons. The van der Waals surface area contributed by atoms with E-state index < -0.39 is 17.5 Å². The monoisotopic (exact) mass is 512 g/mol. The Morgan fingerprint density at radius 2 is 2.03 bits per heavy atom. The maximum absolute atomic E-state index is 13.8. The van der Waals surface area contributed by atoms with Gasteiger partial charge in [0.15, 0.2) is 5.82 Å². The number of aliphatic hydroxyl groups excluding tert-OH is 1. The molecule has 0 unspecified atom stereocenters. The number of morpholine rings is 1. The molecular weight excluding hydrogens is 482 g/mol. The van der Waals surface area contributed by atoms with E-state index in [-0.39, 0.29) is 18.2 Å². The van der Waals surface area contributed by atoms with Crippen LogP contribution in [0, 0.1) is 6.92 Å². The van der Waals surface area contributed by atoms with E-state index in [9.17, 15) is 13.6 Å². The third-order valence-corrected chi connectivity index (χ3v) is 6.04. The third kappa shape index (κ3) is 6.17. The summed E-state index contributed by atoms with van der Waals surface area (Å²) in [5, 5.41) is 15.0. The molecule has 11 heteroatoms. The fraction of sp³-hybridized carbons (Fsp3) is 0.385. The number of hydrogen-bond acceptors (Lipinski definition) is 8. The molecule has 0 radical (unpaired) electrons. The predicted molar refractivity (Wildman–Crippen MR) is 137 cm³/mol. The normalized spacial score (nSPS) is 15.9. The number of amides is 1. The number of aryl methyl sites for hydroxylation is 1. The van der Waals surface area contributed by atoms with Crippen LogP contribution in [0.15, 0.2) is 42.7 Å². The molecule has 3 aromatic heterocycles. The van der Waals surface area contributed by atoms with Crippen molar-refractivity contribution in [2.75, 3.05) is 48.4 Å². The van der Waals surface area contributed by atoms with Crippen molar-refractivity contribution in [2.45, 2.75) is 32.7 Å². The van der Waals surface area contributed by atoms with Crippen molar-refractivity contribution in [3.8, 4) is 11.1 Å². The van der Waals surface area contributed by atoms with Crippen molar-refractivity contribution >= 4 is 23.2 Å². The van der Waals surface area contributed by atoms with Crippen LogP contribution in [0.2, 0.25) is 0 Å². The number of anilines is 3. The Hall–Kier alpha value is -3.70. The highest BCUT2D eigenvalue weighted by molar-refractivity contribution is 6.06. The molecule has 1 atom stereocenters. The average molecular weight is 513 g/mol. The number of carbonyl (C=O) groups is 1.